The molecule has 1 aliphatic heterocycles. The van der Waals surface area contributed by atoms with Crippen LogP contribution in [0.15, 0.2) is 150 Å². The second-order valence-electron chi connectivity index (χ2n) is 8.89. The van der Waals surface area contributed by atoms with Gasteiger partial charge in [0.1, 0.15) is 11.7 Å². The van der Waals surface area contributed by atoms with E-state index in [4.69, 9.17) is 9.98 Å². The SMILES string of the molecule is C=CC(=C)N(C(=C)C=C)c1cccc(-c2cccc(C3N=C(/C(=C/C)CC)NC(c4ccccc4)=N3)c2)c1. The molecule has 0 saturated carbocycles. The summed E-state index contributed by atoms with van der Waals surface area (Å²) in [5.74, 6) is 1.69. The fraction of sp³-hybridized carbons (Fsp3) is 0.118. The van der Waals surface area contributed by atoms with Crippen LogP contribution in [0, 0.1) is 0 Å². The molecule has 1 aliphatic rings. The zero-order valence-electron chi connectivity index (χ0n) is 22.2. The van der Waals surface area contributed by atoms with E-state index in [9.17, 15) is 0 Å². The molecule has 3 aromatic rings. The highest BCUT2D eigenvalue weighted by atomic mass is 15.2. The molecule has 0 spiro atoms. The molecular weight excluding hydrogens is 464 g/mol. The van der Waals surface area contributed by atoms with Crippen LogP contribution in [-0.4, -0.2) is 11.7 Å². The van der Waals surface area contributed by atoms with Crippen LogP contribution in [0.5, 0.6) is 0 Å². The zero-order valence-corrected chi connectivity index (χ0v) is 22.2. The first-order valence-corrected chi connectivity index (χ1v) is 12.8. The van der Waals surface area contributed by atoms with E-state index >= 15 is 0 Å². The Morgan fingerprint density at radius 1 is 0.842 bits per heavy atom. The molecule has 3 aromatic carbocycles. The number of benzene rings is 3. The molecule has 0 aromatic heterocycles. The number of hydrogen-bond donors (Lipinski definition) is 1. The number of nitrogens with zero attached hydrogens (tertiary/aromatic N) is 3. The van der Waals surface area contributed by atoms with Gasteiger partial charge >= 0.3 is 0 Å². The maximum atomic E-state index is 5.02. The molecule has 1 atom stereocenters. The number of aliphatic imine (C=N–C) groups is 2. The molecule has 0 radical (unpaired) electrons. The molecule has 4 rings (SSSR count). The Balaban J connectivity index is 1.76. The number of amidine groups is 2. The Hall–Kier alpha value is -4.70. The topological polar surface area (TPSA) is 40.0 Å². The number of hydrogen-bond acceptors (Lipinski definition) is 4. The highest BCUT2D eigenvalue weighted by molar-refractivity contribution is 6.15. The fourth-order valence-corrected chi connectivity index (χ4v) is 4.42. The third-order valence-electron chi connectivity index (χ3n) is 6.49. The van der Waals surface area contributed by atoms with Crippen LogP contribution in [0.1, 0.15) is 37.6 Å². The van der Waals surface area contributed by atoms with E-state index in [1.54, 1.807) is 12.2 Å². The van der Waals surface area contributed by atoms with Crippen molar-refractivity contribution in [2.24, 2.45) is 9.98 Å². The first-order chi connectivity index (χ1) is 18.5. The van der Waals surface area contributed by atoms with Gasteiger partial charge in [0.15, 0.2) is 6.17 Å². The van der Waals surface area contributed by atoms with E-state index in [1.165, 1.54) is 0 Å². The highest BCUT2D eigenvalue weighted by Crippen LogP contribution is 2.32. The maximum absolute atomic E-state index is 5.02. The van der Waals surface area contributed by atoms with Crippen molar-refractivity contribution >= 4 is 17.4 Å². The van der Waals surface area contributed by atoms with Crippen LogP contribution in [0.3, 0.4) is 0 Å². The maximum Gasteiger partial charge on any atom is 0.169 e. The summed E-state index contributed by atoms with van der Waals surface area (Å²) in [6.07, 6.45) is 6.06. The molecule has 0 amide bonds. The Morgan fingerprint density at radius 2 is 1.47 bits per heavy atom. The first kappa shape index (κ1) is 26.4. The van der Waals surface area contributed by atoms with E-state index in [2.05, 4.69) is 93.2 Å². The average Bonchev–Trinajstić information content (AvgIpc) is 2.98. The van der Waals surface area contributed by atoms with Crippen molar-refractivity contribution in [3.8, 4) is 11.1 Å². The van der Waals surface area contributed by atoms with Gasteiger partial charge in [0.05, 0.1) is 0 Å². The smallest absolute Gasteiger partial charge is 0.169 e. The summed E-state index contributed by atoms with van der Waals surface area (Å²) in [5, 5.41) is 3.46. The van der Waals surface area contributed by atoms with Crippen LogP contribution in [0.4, 0.5) is 5.69 Å². The van der Waals surface area contributed by atoms with Crippen molar-refractivity contribution in [3.05, 3.63) is 152 Å². The summed E-state index contributed by atoms with van der Waals surface area (Å²) in [6.45, 7) is 20.2. The number of allylic oxidation sites excluding steroid dienone is 3. The van der Waals surface area contributed by atoms with Gasteiger partial charge in [-0.05, 0) is 66.0 Å². The minimum absolute atomic E-state index is 0.358. The lowest BCUT2D eigenvalue weighted by molar-refractivity contribution is 0.753. The Kier molecular flexibility index (Phi) is 8.34. The molecular formula is C34H34N4. The molecule has 0 fully saturated rings. The minimum Gasteiger partial charge on any atom is -0.325 e. The van der Waals surface area contributed by atoms with Crippen molar-refractivity contribution in [2.75, 3.05) is 4.90 Å². The number of rotatable bonds is 10. The first-order valence-electron chi connectivity index (χ1n) is 12.8. The van der Waals surface area contributed by atoms with Crippen LogP contribution < -0.4 is 10.2 Å². The highest BCUT2D eigenvalue weighted by Gasteiger charge is 2.21. The van der Waals surface area contributed by atoms with Gasteiger partial charge < -0.3 is 10.2 Å². The van der Waals surface area contributed by atoms with Gasteiger partial charge in [0, 0.05) is 22.6 Å². The quantitative estimate of drug-likeness (QED) is 0.285. The Morgan fingerprint density at radius 3 is 2.11 bits per heavy atom. The van der Waals surface area contributed by atoms with Gasteiger partial charge in [-0.1, -0.05) is 100.0 Å². The van der Waals surface area contributed by atoms with Crippen LogP contribution in [0.25, 0.3) is 11.1 Å². The normalized spacial score (nSPS) is 15.0. The molecule has 1 N–H and O–H groups in total. The molecule has 0 saturated heterocycles. The summed E-state index contributed by atoms with van der Waals surface area (Å²) < 4.78 is 0. The number of anilines is 1. The van der Waals surface area contributed by atoms with Crippen LogP contribution in [-0.2, 0) is 0 Å². The Bertz CT molecular complexity index is 1440. The van der Waals surface area contributed by atoms with Crippen molar-refractivity contribution in [1.29, 1.82) is 0 Å². The molecule has 38 heavy (non-hydrogen) atoms. The molecule has 1 heterocycles. The third kappa shape index (κ3) is 5.65. The van der Waals surface area contributed by atoms with E-state index in [1.807, 2.05) is 42.2 Å². The summed E-state index contributed by atoms with van der Waals surface area (Å²) in [5.41, 5.74) is 7.76. The van der Waals surface area contributed by atoms with E-state index in [0.717, 1.165) is 63.0 Å². The standard InChI is InChI=1S/C34H34N4/c1-7-24(5)38(25(6)8-2)31-21-15-19-29(23-31)28-18-14-20-30(22-28)34-36-32(26(9-3)10-4)35-33(37-34)27-16-12-11-13-17-27/h7-9,11-23,34H,1-2,5-6,10H2,3-4H3,(H,35,36,37)/b26-9+. The summed E-state index contributed by atoms with van der Waals surface area (Å²) in [6, 6.07) is 26.9. The van der Waals surface area contributed by atoms with E-state index in [0.29, 0.717) is 0 Å². The third-order valence-corrected chi connectivity index (χ3v) is 6.49. The van der Waals surface area contributed by atoms with E-state index in [-0.39, 0.29) is 6.17 Å². The molecule has 4 heteroatoms. The lowest BCUT2D eigenvalue weighted by atomic mass is 10.0. The fourth-order valence-electron chi connectivity index (χ4n) is 4.42. The van der Waals surface area contributed by atoms with Crippen LogP contribution >= 0.6 is 0 Å². The van der Waals surface area contributed by atoms with Gasteiger partial charge in [-0.25, -0.2) is 9.98 Å². The van der Waals surface area contributed by atoms with Crippen molar-refractivity contribution < 1.29 is 0 Å². The lowest BCUT2D eigenvalue weighted by Crippen LogP contribution is -2.36. The second kappa shape index (κ2) is 12.0. The lowest BCUT2D eigenvalue weighted by Gasteiger charge is -2.26. The second-order valence-corrected chi connectivity index (χ2v) is 8.89. The van der Waals surface area contributed by atoms with E-state index < -0.39 is 0 Å². The van der Waals surface area contributed by atoms with Gasteiger partial charge in [0.25, 0.3) is 0 Å². The summed E-state index contributed by atoms with van der Waals surface area (Å²) in [7, 11) is 0. The number of nitrogens with one attached hydrogen (secondary N) is 1. The molecule has 1 unspecified atom stereocenters. The average molecular weight is 499 g/mol. The van der Waals surface area contributed by atoms with Gasteiger partial charge in [-0.3, -0.25) is 0 Å². The Labute approximate surface area is 226 Å². The minimum atomic E-state index is -0.358. The summed E-state index contributed by atoms with van der Waals surface area (Å²) >= 11 is 0. The molecule has 190 valence electrons. The van der Waals surface area contributed by atoms with Gasteiger partial charge in [-0.15, -0.1) is 0 Å². The molecule has 0 bridgehead atoms. The predicted molar refractivity (Wildman–Crippen MR) is 163 cm³/mol. The molecule has 0 aliphatic carbocycles. The zero-order chi connectivity index (χ0) is 27.1. The van der Waals surface area contributed by atoms with Gasteiger partial charge in [-0.2, -0.15) is 0 Å². The largest absolute Gasteiger partial charge is 0.325 e. The van der Waals surface area contributed by atoms with Gasteiger partial charge in [0.2, 0.25) is 0 Å². The van der Waals surface area contributed by atoms with Crippen molar-refractivity contribution in [1.82, 2.24) is 5.32 Å². The van der Waals surface area contributed by atoms with Crippen molar-refractivity contribution in [2.45, 2.75) is 26.4 Å². The monoisotopic (exact) mass is 498 g/mol. The van der Waals surface area contributed by atoms with Crippen molar-refractivity contribution in [3.63, 3.8) is 0 Å². The summed E-state index contributed by atoms with van der Waals surface area (Å²) in [4.78, 5) is 12.0. The molecule has 4 nitrogen and oxygen atoms in total. The predicted octanol–water partition coefficient (Wildman–Crippen LogP) is 8.36. The van der Waals surface area contributed by atoms with Crippen LogP contribution in [0.2, 0.25) is 0 Å².